The van der Waals surface area contributed by atoms with E-state index in [1.165, 1.54) is 18.0 Å². The summed E-state index contributed by atoms with van der Waals surface area (Å²) in [6.45, 7) is 0. The van der Waals surface area contributed by atoms with E-state index in [1.807, 2.05) is 6.07 Å². The molecule has 0 aliphatic heterocycles. The number of rotatable bonds is 2. The van der Waals surface area contributed by atoms with E-state index in [4.69, 9.17) is 5.26 Å². The van der Waals surface area contributed by atoms with Gasteiger partial charge in [0.15, 0.2) is 11.6 Å². The molecule has 0 aliphatic carbocycles. The molecular formula is C11H9N5O2. The van der Waals surface area contributed by atoms with Crippen LogP contribution in [0.1, 0.15) is 5.56 Å². The van der Waals surface area contributed by atoms with Gasteiger partial charge >= 0.3 is 6.09 Å². The normalized spacial score (nSPS) is 9.56. The molecule has 0 fully saturated rings. The number of pyridine rings is 1. The van der Waals surface area contributed by atoms with E-state index in [0.717, 1.165) is 0 Å². The molecule has 90 valence electrons. The first kappa shape index (κ1) is 11.6. The minimum absolute atomic E-state index is 0.225. The third kappa shape index (κ3) is 2.12. The van der Waals surface area contributed by atoms with Crippen LogP contribution in [0, 0.1) is 11.3 Å². The molecule has 0 bridgehead atoms. The summed E-state index contributed by atoms with van der Waals surface area (Å²) in [4.78, 5) is 15.3. The molecule has 0 atom stereocenters. The number of nitriles is 1. The molecule has 0 spiro atoms. The van der Waals surface area contributed by atoms with Gasteiger partial charge in [0.1, 0.15) is 11.6 Å². The highest BCUT2D eigenvalue weighted by molar-refractivity contribution is 5.85. The summed E-state index contributed by atoms with van der Waals surface area (Å²) >= 11 is 0. The van der Waals surface area contributed by atoms with Crippen LogP contribution in [0.4, 0.5) is 10.6 Å². The van der Waals surface area contributed by atoms with Crippen LogP contribution in [-0.4, -0.2) is 28.0 Å². The van der Waals surface area contributed by atoms with Crippen molar-refractivity contribution in [3.05, 3.63) is 36.2 Å². The summed E-state index contributed by atoms with van der Waals surface area (Å²) in [5.41, 5.74) is 0.228. The van der Waals surface area contributed by atoms with Crippen molar-refractivity contribution >= 4 is 11.9 Å². The molecule has 0 saturated heterocycles. The van der Waals surface area contributed by atoms with Gasteiger partial charge in [-0.1, -0.05) is 6.07 Å². The predicted octanol–water partition coefficient (Wildman–Crippen LogP) is 1.32. The first-order valence-corrected chi connectivity index (χ1v) is 5.00. The highest BCUT2D eigenvalue weighted by Gasteiger charge is 2.15. The molecule has 0 aliphatic rings. The third-order valence-corrected chi connectivity index (χ3v) is 2.16. The largest absolute Gasteiger partial charge is 0.453 e. The average Bonchev–Trinajstić information content (AvgIpc) is 2.82. The monoisotopic (exact) mass is 243 g/mol. The number of methoxy groups -OCH3 is 1. The summed E-state index contributed by atoms with van der Waals surface area (Å²) in [5, 5.41) is 15.4. The smallest absolute Gasteiger partial charge is 0.412 e. The summed E-state index contributed by atoms with van der Waals surface area (Å²) in [6.07, 6.45) is 2.26. The molecule has 18 heavy (non-hydrogen) atoms. The molecule has 2 heterocycles. The van der Waals surface area contributed by atoms with Crippen LogP contribution < -0.4 is 5.32 Å². The second kappa shape index (κ2) is 4.97. The average molecular weight is 243 g/mol. The van der Waals surface area contributed by atoms with E-state index in [9.17, 15) is 4.79 Å². The maximum absolute atomic E-state index is 11.2. The van der Waals surface area contributed by atoms with Crippen LogP contribution in [-0.2, 0) is 4.74 Å². The van der Waals surface area contributed by atoms with Crippen LogP contribution in [0.2, 0.25) is 0 Å². The van der Waals surface area contributed by atoms with E-state index in [1.54, 1.807) is 24.4 Å². The molecule has 1 N–H and O–H groups in total. The Morgan fingerprint density at radius 3 is 3.00 bits per heavy atom. The van der Waals surface area contributed by atoms with E-state index in [2.05, 4.69) is 20.1 Å². The van der Waals surface area contributed by atoms with Crippen molar-refractivity contribution in [3.8, 4) is 11.9 Å². The van der Waals surface area contributed by atoms with Crippen LogP contribution in [0.15, 0.2) is 30.6 Å². The first-order chi connectivity index (χ1) is 8.76. The second-order valence-electron chi connectivity index (χ2n) is 3.23. The number of amides is 1. The number of ether oxygens (including phenoxy) is 1. The van der Waals surface area contributed by atoms with Crippen molar-refractivity contribution in [1.29, 1.82) is 5.26 Å². The molecule has 0 aromatic carbocycles. The predicted molar refractivity (Wildman–Crippen MR) is 62.1 cm³/mol. The quantitative estimate of drug-likeness (QED) is 0.858. The molecule has 0 saturated carbocycles. The summed E-state index contributed by atoms with van der Waals surface area (Å²) in [6, 6.07) is 7.17. The molecule has 1 amide bonds. The highest BCUT2D eigenvalue weighted by Crippen LogP contribution is 2.18. The number of carbonyl (C=O) groups excluding carboxylic acids is 1. The Morgan fingerprint density at radius 2 is 2.39 bits per heavy atom. The number of nitrogens with one attached hydrogen (secondary N) is 1. The van der Waals surface area contributed by atoms with Crippen molar-refractivity contribution in [2.75, 3.05) is 12.4 Å². The fourth-order valence-electron chi connectivity index (χ4n) is 1.35. The minimum atomic E-state index is -0.677. The SMILES string of the molecule is COC(=O)Nc1c(C#N)cnn1-c1ccccn1. The number of anilines is 1. The minimum Gasteiger partial charge on any atom is -0.453 e. The van der Waals surface area contributed by atoms with Gasteiger partial charge in [0.25, 0.3) is 0 Å². The van der Waals surface area contributed by atoms with E-state index in [0.29, 0.717) is 5.82 Å². The topological polar surface area (TPSA) is 92.8 Å². The molecule has 2 rings (SSSR count). The fourth-order valence-corrected chi connectivity index (χ4v) is 1.35. The lowest BCUT2D eigenvalue weighted by Gasteiger charge is -2.07. The molecule has 7 heteroatoms. The lowest BCUT2D eigenvalue weighted by molar-refractivity contribution is 0.186. The molecule has 2 aromatic rings. The van der Waals surface area contributed by atoms with E-state index < -0.39 is 6.09 Å². The number of nitrogens with zero attached hydrogens (tertiary/aromatic N) is 4. The Bertz CT molecular complexity index is 600. The summed E-state index contributed by atoms with van der Waals surface area (Å²) < 4.78 is 5.85. The van der Waals surface area contributed by atoms with Gasteiger partial charge in [-0.2, -0.15) is 15.0 Å². The van der Waals surface area contributed by atoms with Crippen molar-refractivity contribution in [3.63, 3.8) is 0 Å². The van der Waals surface area contributed by atoms with Gasteiger partial charge < -0.3 is 4.74 Å². The van der Waals surface area contributed by atoms with Crippen LogP contribution in [0.3, 0.4) is 0 Å². The fraction of sp³-hybridized carbons (Fsp3) is 0.0909. The number of hydrogen-bond acceptors (Lipinski definition) is 5. The summed E-state index contributed by atoms with van der Waals surface area (Å²) in [7, 11) is 1.24. The standard InChI is InChI=1S/C11H9N5O2/c1-18-11(17)15-10-8(6-12)7-14-16(10)9-4-2-3-5-13-9/h2-5,7H,1H3,(H,15,17). The van der Waals surface area contributed by atoms with Crippen LogP contribution >= 0.6 is 0 Å². The first-order valence-electron chi connectivity index (χ1n) is 5.00. The van der Waals surface area contributed by atoms with Gasteiger partial charge in [-0.15, -0.1) is 0 Å². The zero-order valence-electron chi connectivity index (χ0n) is 9.49. The number of carbonyl (C=O) groups is 1. The highest BCUT2D eigenvalue weighted by atomic mass is 16.5. The lowest BCUT2D eigenvalue weighted by Crippen LogP contribution is -2.15. The molecule has 7 nitrogen and oxygen atoms in total. The Labute approximate surface area is 103 Å². The summed E-state index contributed by atoms with van der Waals surface area (Å²) in [5.74, 6) is 0.716. The zero-order valence-corrected chi connectivity index (χ0v) is 9.49. The Balaban J connectivity index is 2.46. The zero-order chi connectivity index (χ0) is 13.0. The third-order valence-electron chi connectivity index (χ3n) is 2.16. The van der Waals surface area contributed by atoms with E-state index in [-0.39, 0.29) is 11.4 Å². The van der Waals surface area contributed by atoms with Gasteiger partial charge in [-0.3, -0.25) is 5.32 Å². The van der Waals surface area contributed by atoms with Crippen LogP contribution in [0.25, 0.3) is 5.82 Å². The van der Waals surface area contributed by atoms with Gasteiger partial charge in [-0.05, 0) is 12.1 Å². The Hall–Kier alpha value is -2.88. The molecular weight excluding hydrogens is 234 g/mol. The molecule has 0 unspecified atom stereocenters. The molecule has 0 radical (unpaired) electrons. The maximum atomic E-state index is 11.2. The molecule has 2 aromatic heterocycles. The Kier molecular flexibility index (Phi) is 3.20. The van der Waals surface area contributed by atoms with Crippen molar-refractivity contribution in [2.24, 2.45) is 0 Å². The van der Waals surface area contributed by atoms with Gasteiger partial charge in [0.05, 0.1) is 13.3 Å². The van der Waals surface area contributed by atoms with Gasteiger partial charge in [0.2, 0.25) is 0 Å². The van der Waals surface area contributed by atoms with Gasteiger partial charge in [-0.25, -0.2) is 9.78 Å². The van der Waals surface area contributed by atoms with E-state index >= 15 is 0 Å². The number of hydrogen-bond donors (Lipinski definition) is 1. The van der Waals surface area contributed by atoms with Gasteiger partial charge in [0, 0.05) is 6.20 Å². The number of aromatic nitrogens is 3. The van der Waals surface area contributed by atoms with Crippen molar-refractivity contribution in [2.45, 2.75) is 0 Å². The van der Waals surface area contributed by atoms with Crippen LogP contribution in [0.5, 0.6) is 0 Å². The Morgan fingerprint density at radius 1 is 1.56 bits per heavy atom. The van der Waals surface area contributed by atoms with Crippen molar-refractivity contribution < 1.29 is 9.53 Å². The van der Waals surface area contributed by atoms with Crippen molar-refractivity contribution in [1.82, 2.24) is 14.8 Å². The lowest BCUT2D eigenvalue weighted by atomic mass is 10.3. The maximum Gasteiger partial charge on any atom is 0.412 e. The second-order valence-corrected chi connectivity index (χ2v) is 3.23.